The van der Waals surface area contributed by atoms with Gasteiger partial charge >= 0.3 is 0 Å². The van der Waals surface area contributed by atoms with E-state index in [4.69, 9.17) is 5.73 Å². The molecule has 0 radical (unpaired) electrons. The van der Waals surface area contributed by atoms with E-state index >= 15 is 0 Å². The molecule has 0 aliphatic heterocycles. The van der Waals surface area contributed by atoms with Crippen molar-refractivity contribution in [3.8, 4) is 11.3 Å². The molecule has 4 nitrogen and oxygen atoms in total. The van der Waals surface area contributed by atoms with Crippen LogP contribution in [-0.2, 0) is 6.42 Å². The number of pyridine rings is 1. The van der Waals surface area contributed by atoms with Crippen molar-refractivity contribution in [1.29, 1.82) is 0 Å². The Bertz CT molecular complexity index is 887. The molecule has 0 unspecified atom stereocenters. The summed E-state index contributed by atoms with van der Waals surface area (Å²) < 4.78 is 0. The van der Waals surface area contributed by atoms with Crippen LogP contribution in [0.3, 0.4) is 0 Å². The highest BCUT2D eigenvalue weighted by molar-refractivity contribution is 6.06. The minimum atomic E-state index is -0.175. The number of hydrogen-bond donors (Lipinski definition) is 2. The van der Waals surface area contributed by atoms with Gasteiger partial charge in [0.05, 0.1) is 17.1 Å². The van der Waals surface area contributed by atoms with E-state index in [1.165, 1.54) is 5.56 Å². The summed E-state index contributed by atoms with van der Waals surface area (Å²) in [5.74, 6) is 0.412. The van der Waals surface area contributed by atoms with Crippen LogP contribution < -0.4 is 11.1 Å². The molecule has 1 heterocycles. The fourth-order valence-corrected chi connectivity index (χ4v) is 2.82. The Balaban J connectivity index is 1.78. The Labute approximate surface area is 154 Å². The molecule has 2 aromatic carbocycles. The number of nitrogens with one attached hydrogen (secondary N) is 1. The lowest BCUT2D eigenvalue weighted by atomic mass is 10.0. The van der Waals surface area contributed by atoms with Crippen LogP contribution in [0.1, 0.15) is 29.8 Å². The largest absolute Gasteiger partial charge is 0.397 e. The van der Waals surface area contributed by atoms with E-state index in [2.05, 4.69) is 24.1 Å². The molecule has 3 rings (SSSR count). The van der Waals surface area contributed by atoms with Crippen LogP contribution >= 0.6 is 0 Å². The maximum Gasteiger partial charge on any atom is 0.255 e. The summed E-state index contributed by atoms with van der Waals surface area (Å²) in [6.07, 6.45) is 2.74. The highest BCUT2D eigenvalue weighted by atomic mass is 16.1. The van der Waals surface area contributed by atoms with Crippen molar-refractivity contribution >= 4 is 17.3 Å². The van der Waals surface area contributed by atoms with Gasteiger partial charge in [-0.2, -0.15) is 0 Å². The van der Waals surface area contributed by atoms with E-state index in [9.17, 15) is 4.79 Å². The molecular formula is C22H23N3O. The third kappa shape index (κ3) is 4.28. The van der Waals surface area contributed by atoms with Crippen molar-refractivity contribution in [2.24, 2.45) is 5.92 Å². The Morgan fingerprint density at radius 3 is 2.50 bits per heavy atom. The van der Waals surface area contributed by atoms with Gasteiger partial charge in [-0.15, -0.1) is 0 Å². The van der Waals surface area contributed by atoms with E-state index in [1.54, 1.807) is 12.3 Å². The molecule has 3 N–H and O–H groups in total. The first-order valence-electron chi connectivity index (χ1n) is 8.74. The minimum Gasteiger partial charge on any atom is -0.397 e. The molecule has 4 heteroatoms. The van der Waals surface area contributed by atoms with Gasteiger partial charge in [0.2, 0.25) is 0 Å². The lowest BCUT2D eigenvalue weighted by molar-refractivity contribution is 0.102. The van der Waals surface area contributed by atoms with Crippen molar-refractivity contribution in [2.45, 2.75) is 20.3 Å². The highest BCUT2D eigenvalue weighted by Crippen LogP contribution is 2.26. The van der Waals surface area contributed by atoms with Crippen molar-refractivity contribution in [1.82, 2.24) is 4.98 Å². The van der Waals surface area contributed by atoms with Crippen LogP contribution in [0.25, 0.3) is 11.3 Å². The number of nitrogens with two attached hydrogens (primary N) is 1. The first-order chi connectivity index (χ1) is 12.5. The zero-order valence-electron chi connectivity index (χ0n) is 15.1. The zero-order chi connectivity index (χ0) is 18.5. The first-order valence-corrected chi connectivity index (χ1v) is 8.74. The van der Waals surface area contributed by atoms with E-state index in [0.717, 1.165) is 17.7 Å². The third-order valence-corrected chi connectivity index (χ3v) is 4.12. The van der Waals surface area contributed by atoms with Crippen LogP contribution in [0.2, 0.25) is 0 Å². The van der Waals surface area contributed by atoms with Crippen LogP contribution in [0.15, 0.2) is 66.9 Å². The summed E-state index contributed by atoms with van der Waals surface area (Å²) in [5, 5.41) is 2.91. The summed E-state index contributed by atoms with van der Waals surface area (Å²) in [7, 11) is 0. The van der Waals surface area contributed by atoms with Crippen LogP contribution in [0, 0.1) is 5.92 Å². The standard InChI is InChI=1S/C22H23N3O/c1-15(2)13-16-6-8-17(9-7-16)22(26)25-21-14-18(10-11-19(21)23)20-5-3-4-12-24-20/h3-12,14-15H,13,23H2,1-2H3,(H,25,26). The second kappa shape index (κ2) is 7.83. The number of anilines is 2. The number of benzene rings is 2. The fourth-order valence-electron chi connectivity index (χ4n) is 2.82. The summed E-state index contributed by atoms with van der Waals surface area (Å²) in [5.41, 5.74) is 10.7. The molecule has 1 aromatic heterocycles. The van der Waals surface area contributed by atoms with E-state index in [1.807, 2.05) is 54.6 Å². The molecule has 0 saturated heterocycles. The van der Waals surface area contributed by atoms with Crippen molar-refractivity contribution in [3.63, 3.8) is 0 Å². The summed E-state index contributed by atoms with van der Waals surface area (Å²) >= 11 is 0. The van der Waals surface area contributed by atoms with Crippen LogP contribution in [0.4, 0.5) is 11.4 Å². The molecule has 0 fully saturated rings. The lowest BCUT2D eigenvalue weighted by Gasteiger charge is -2.11. The van der Waals surface area contributed by atoms with Gasteiger partial charge in [-0.05, 0) is 54.3 Å². The van der Waals surface area contributed by atoms with Crippen molar-refractivity contribution < 1.29 is 4.79 Å². The number of nitrogen functional groups attached to an aromatic ring is 1. The van der Waals surface area contributed by atoms with Gasteiger partial charge in [0, 0.05) is 17.3 Å². The van der Waals surface area contributed by atoms with Crippen molar-refractivity contribution in [3.05, 3.63) is 78.0 Å². The summed E-state index contributed by atoms with van der Waals surface area (Å²) in [6.45, 7) is 4.36. The number of carbonyl (C=O) groups excluding carboxylic acids is 1. The molecule has 0 aliphatic carbocycles. The fraction of sp³-hybridized carbons (Fsp3) is 0.182. The maximum atomic E-state index is 12.6. The lowest BCUT2D eigenvalue weighted by Crippen LogP contribution is -2.13. The van der Waals surface area contributed by atoms with E-state index < -0.39 is 0 Å². The topological polar surface area (TPSA) is 68.0 Å². The molecule has 26 heavy (non-hydrogen) atoms. The molecule has 1 amide bonds. The number of nitrogens with zero attached hydrogens (tertiary/aromatic N) is 1. The molecule has 0 spiro atoms. The van der Waals surface area contributed by atoms with Crippen molar-refractivity contribution in [2.75, 3.05) is 11.1 Å². The molecule has 0 bridgehead atoms. The average Bonchev–Trinajstić information content (AvgIpc) is 2.64. The number of carbonyl (C=O) groups is 1. The normalized spacial score (nSPS) is 10.7. The second-order valence-electron chi connectivity index (χ2n) is 6.77. The monoisotopic (exact) mass is 345 g/mol. The van der Waals surface area contributed by atoms with E-state index in [0.29, 0.717) is 22.9 Å². The molecule has 0 saturated carbocycles. The van der Waals surface area contributed by atoms with Gasteiger partial charge < -0.3 is 11.1 Å². The molecule has 132 valence electrons. The van der Waals surface area contributed by atoms with Gasteiger partial charge in [-0.3, -0.25) is 9.78 Å². The van der Waals surface area contributed by atoms with Crippen LogP contribution in [-0.4, -0.2) is 10.9 Å². The first kappa shape index (κ1) is 17.7. The Morgan fingerprint density at radius 2 is 1.85 bits per heavy atom. The number of hydrogen-bond acceptors (Lipinski definition) is 3. The second-order valence-corrected chi connectivity index (χ2v) is 6.77. The number of amides is 1. The number of rotatable bonds is 5. The summed E-state index contributed by atoms with van der Waals surface area (Å²) in [4.78, 5) is 16.9. The van der Waals surface area contributed by atoms with Gasteiger partial charge in [-0.1, -0.05) is 38.1 Å². The smallest absolute Gasteiger partial charge is 0.255 e. The molecular weight excluding hydrogens is 322 g/mol. The highest BCUT2D eigenvalue weighted by Gasteiger charge is 2.10. The SMILES string of the molecule is CC(C)Cc1ccc(C(=O)Nc2cc(-c3ccccn3)ccc2N)cc1. The Kier molecular flexibility index (Phi) is 5.32. The molecule has 0 aliphatic rings. The van der Waals surface area contributed by atoms with Gasteiger partial charge in [0.1, 0.15) is 0 Å². The van der Waals surface area contributed by atoms with Gasteiger partial charge in [-0.25, -0.2) is 0 Å². The molecule has 0 atom stereocenters. The molecule has 3 aromatic rings. The Hall–Kier alpha value is -3.14. The van der Waals surface area contributed by atoms with Gasteiger partial charge in [0.25, 0.3) is 5.91 Å². The van der Waals surface area contributed by atoms with E-state index in [-0.39, 0.29) is 5.91 Å². The third-order valence-electron chi connectivity index (χ3n) is 4.12. The minimum absolute atomic E-state index is 0.175. The number of aromatic nitrogens is 1. The van der Waals surface area contributed by atoms with Gasteiger partial charge in [0.15, 0.2) is 0 Å². The predicted molar refractivity (Wildman–Crippen MR) is 107 cm³/mol. The zero-order valence-corrected chi connectivity index (χ0v) is 15.1. The van der Waals surface area contributed by atoms with Crippen LogP contribution in [0.5, 0.6) is 0 Å². The predicted octanol–water partition coefficient (Wildman–Crippen LogP) is 4.78. The Morgan fingerprint density at radius 1 is 1.08 bits per heavy atom. The quantitative estimate of drug-likeness (QED) is 0.654. The summed E-state index contributed by atoms with van der Waals surface area (Å²) in [6, 6.07) is 19.0. The maximum absolute atomic E-state index is 12.6. The average molecular weight is 345 g/mol.